The van der Waals surface area contributed by atoms with Crippen LogP contribution in [0.4, 0.5) is 0 Å². The van der Waals surface area contributed by atoms with Crippen molar-refractivity contribution in [3.63, 3.8) is 0 Å². The van der Waals surface area contributed by atoms with Gasteiger partial charge in [-0.05, 0) is 29.3 Å². The summed E-state index contributed by atoms with van der Waals surface area (Å²) in [7, 11) is 0. The van der Waals surface area contributed by atoms with Crippen molar-refractivity contribution >= 4 is 11.3 Å². The van der Waals surface area contributed by atoms with Crippen molar-refractivity contribution in [2.75, 3.05) is 13.1 Å². The van der Waals surface area contributed by atoms with Gasteiger partial charge < -0.3 is 15.0 Å². The van der Waals surface area contributed by atoms with E-state index in [1.165, 1.54) is 0 Å². The van der Waals surface area contributed by atoms with Gasteiger partial charge in [0.15, 0.2) is 0 Å². The zero-order chi connectivity index (χ0) is 12.1. The van der Waals surface area contributed by atoms with Gasteiger partial charge in [-0.2, -0.15) is 11.3 Å². The summed E-state index contributed by atoms with van der Waals surface area (Å²) in [5.41, 5.74) is 0.987. The highest BCUT2D eigenvalue weighted by Crippen LogP contribution is 2.14. The Labute approximate surface area is 105 Å². The molecule has 2 rings (SSSR count). The van der Waals surface area contributed by atoms with Gasteiger partial charge in [0.2, 0.25) is 0 Å². The van der Waals surface area contributed by atoms with Crippen LogP contribution in [0.2, 0.25) is 0 Å². The Hall–Kier alpha value is -1.17. The van der Waals surface area contributed by atoms with E-state index in [2.05, 4.69) is 14.9 Å². The van der Waals surface area contributed by atoms with Gasteiger partial charge >= 0.3 is 0 Å². The molecule has 0 saturated heterocycles. The smallest absolute Gasteiger partial charge is 0.105 e. The average Bonchev–Trinajstić information content (AvgIpc) is 2.96. The molecule has 2 aromatic heterocycles. The molecule has 0 radical (unpaired) electrons. The molecule has 0 aliphatic rings. The largest absolute Gasteiger partial charge is 0.387 e. The van der Waals surface area contributed by atoms with Crippen molar-refractivity contribution in [3.8, 4) is 0 Å². The molecule has 1 unspecified atom stereocenters. The van der Waals surface area contributed by atoms with Gasteiger partial charge in [0.25, 0.3) is 0 Å². The first-order valence-corrected chi connectivity index (χ1v) is 6.60. The standard InChI is InChI=1S/C12H17N3OS/c1-10-14-4-6-15(10)5-3-13-8-12(16)11-2-7-17-9-11/h2,4,6-7,9,12-13,16H,3,5,8H2,1H3. The Morgan fingerprint density at radius 3 is 3.12 bits per heavy atom. The van der Waals surface area contributed by atoms with E-state index in [0.29, 0.717) is 6.54 Å². The molecule has 1 atom stereocenters. The summed E-state index contributed by atoms with van der Waals surface area (Å²) in [5, 5.41) is 17.0. The number of thiophene rings is 1. The van der Waals surface area contributed by atoms with Crippen molar-refractivity contribution in [2.24, 2.45) is 0 Å². The van der Waals surface area contributed by atoms with E-state index in [1.54, 1.807) is 17.5 Å². The summed E-state index contributed by atoms with van der Waals surface area (Å²) < 4.78 is 2.09. The highest BCUT2D eigenvalue weighted by molar-refractivity contribution is 7.07. The van der Waals surface area contributed by atoms with Gasteiger partial charge in [0.05, 0.1) is 6.10 Å². The maximum Gasteiger partial charge on any atom is 0.105 e. The summed E-state index contributed by atoms with van der Waals surface area (Å²) in [6.07, 6.45) is 3.35. The first-order chi connectivity index (χ1) is 8.27. The summed E-state index contributed by atoms with van der Waals surface area (Å²) in [4.78, 5) is 4.16. The molecule has 0 saturated carbocycles. The van der Waals surface area contributed by atoms with Gasteiger partial charge in [0, 0.05) is 32.0 Å². The van der Waals surface area contributed by atoms with Crippen LogP contribution in [0.15, 0.2) is 29.2 Å². The van der Waals surface area contributed by atoms with Crippen LogP contribution < -0.4 is 5.32 Å². The van der Waals surface area contributed by atoms with Crippen LogP contribution >= 0.6 is 11.3 Å². The van der Waals surface area contributed by atoms with E-state index in [1.807, 2.05) is 29.9 Å². The normalized spacial score (nSPS) is 12.8. The predicted octanol–water partition coefficient (Wildman–Crippen LogP) is 1.58. The summed E-state index contributed by atoms with van der Waals surface area (Å²) in [6, 6.07) is 1.96. The lowest BCUT2D eigenvalue weighted by molar-refractivity contribution is 0.175. The second-order valence-electron chi connectivity index (χ2n) is 3.94. The van der Waals surface area contributed by atoms with Crippen molar-refractivity contribution in [1.82, 2.24) is 14.9 Å². The second-order valence-corrected chi connectivity index (χ2v) is 4.72. The summed E-state index contributed by atoms with van der Waals surface area (Å²) >= 11 is 1.61. The molecule has 0 bridgehead atoms. The average molecular weight is 251 g/mol. The fourth-order valence-corrected chi connectivity index (χ4v) is 2.37. The molecule has 5 heteroatoms. The molecule has 0 amide bonds. The van der Waals surface area contributed by atoms with Crippen LogP contribution in [0.25, 0.3) is 0 Å². The molecule has 2 aromatic rings. The summed E-state index contributed by atoms with van der Waals surface area (Å²) in [6.45, 7) is 4.28. The predicted molar refractivity (Wildman–Crippen MR) is 69.1 cm³/mol. The molecule has 17 heavy (non-hydrogen) atoms. The van der Waals surface area contributed by atoms with Gasteiger partial charge in [-0.1, -0.05) is 0 Å². The van der Waals surface area contributed by atoms with E-state index < -0.39 is 6.10 Å². The maximum atomic E-state index is 9.85. The number of aromatic nitrogens is 2. The molecule has 0 aliphatic heterocycles. The summed E-state index contributed by atoms with van der Waals surface area (Å²) in [5.74, 6) is 1.02. The van der Waals surface area contributed by atoms with E-state index in [0.717, 1.165) is 24.5 Å². The number of nitrogens with zero attached hydrogens (tertiary/aromatic N) is 2. The highest BCUT2D eigenvalue weighted by Gasteiger charge is 2.06. The van der Waals surface area contributed by atoms with Crippen LogP contribution in [-0.4, -0.2) is 27.7 Å². The fourth-order valence-electron chi connectivity index (χ4n) is 1.66. The minimum atomic E-state index is -0.412. The van der Waals surface area contributed by atoms with E-state index in [4.69, 9.17) is 0 Å². The van der Waals surface area contributed by atoms with Crippen LogP contribution in [0, 0.1) is 6.92 Å². The van der Waals surface area contributed by atoms with E-state index >= 15 is 0 Å². The van der Waals surface area contributed by atoms with Gasteiger partial charge in [-0.15, -0.1) is 0 Å². The number of hydrogen-bond acceptors (Lipinski definition) is 4. The van der Waals surface area contributed by atoms with Crippen molar-refractivity contribution in [1.29, 1.82) is 0 Å². The lowest BCUT2D eigenvalue weighted by atomic mass is 10.2. The van der Waals surface area contributed by atoms with Gasteiger partial charge in [-0.3, -0.25) is 0 Å². The Kier molecular flexibility index (Phi) is 4.30. The molecular formula is C12H17N3OS. The van der Waals surface area contributed by atoms with Crippen LogP contribution in [0.5, 0.6) is 0 Å². The monoisotopic (exact) mass is 251 g/mol. The molecule has 4 nitrogen and oxygen atoms in total. The topological polar surface area (TPSA) is 50.1 Å². The molecular weight excluding hydrogens is 234 g/mol. The Balaban J connectivity index is 1.68. The molecule has 2 N–H and O–H groups in total. The minimum absolute atomic E-state index is 0.412. The zero-order valence-electron chi connectivity index (χ0n) is 9.84. The number of nitrogens with one attached hydrogen (secondary N) is 1. The van der Waals surface area contributed by atoms with Gasteiger partial charge in [0.1, 0.15) is 5.82 Å². The van der Waals surface area contributed by atoms with Crippen molar-refractivity contribution < 1.29 is 5.11 Å². The van der Waals surface area contributed by atoms with E-state index in [9.17, 15) is 5.11 Å². The third kappa shape index (κ3) is 3.39. The fraction of sp³-hybridized carbons (Fsp3) is 0.417. The maximum absolute atomic E-state index is 9.85. The quantitative estimate of drug-likeness (QED) is 0.766. The first kappa shape index (κ1) is 12.3. The molecule has 0 aliphatic carbocycles. The van der Waals surface area contributed by atoms with Crippen LogP contribution in [-0.2, 0) is 6.54 Å². The number of hydrogen-bond donors (Lipinski definition) is 2. The lowest BCUT2D eigenvalue weighted by Crippen LogP contribution is -2.25. The lowest BCUT2D eigenvalue weighted by Gasteiger charge is -2.11. The number of imidazole rings is 1. The Bertz CT molecular complexity index is 438. The first-order valence-electron chi connectivity index (χ1n) is 5.66. The molecule has 2 heterocycles. The number of aryl methyl sites for hydroxylation is 1. The second kappa shape index (κ2) is 5.95. The third-order valence-corrected chi connectivity index (χ3v) is 3.42. The van der Waals surface area contributed by atoms with E-state index in [-0.39, 0.29) is 0 Å². The number of aliphatic hydroxyl groups excluding tert-OH is 1. The highest BCUT2D eigenvalue weighted by atomic mass is 32.1. The van der Waals surface area contributed by atoms with Gasteiger partial charge in [-0.25, -0.2) is 4.98 Å². The molecule has 0 fully saturated rings. The number of aliphatic hydroxyl groups is 1. The minimum Gasteiger partial charge on any atom is -0.387 e. The molecule has 92 valence electrons. The van der Waals surface area contributed by atoms with Crippen molar-refractivity contribution in [2.45, 2.75) is 19.6 Å². The molecule has 0 spiro atoms. The number of rotatable bonds is 6. The third-order valence-electron chi connectivity index (χ3n) is 2.72. The van der Waals surface area contributed by atoms with Crippen molar-refractivity contribution in [3.05, 3.63) is 40.6 Å². The molecule has 0 aromatic carbocycles. The SMILES string of the molecule is Cc1nccn1CCNCC(O)c1ccsc1. The Morgan fingerprint density at radius 1 is 1.59 bits per heavy atom. The Morgan fingerprint density at radius 2 is 2.47 bits per heavy atom. The zero-order valence-corrected chi connectivity index (χ0v) is 10.7. The van der Waals surface area contributed by atoms with Crippen LogP contribution in [0.1, 0.15) is 17.5 Å². The van der Waals surface area contributed by atoms with Crippen LogP contribution in [0.3, 0.4) is 0 Å².